The number of nitrogens with zero attached hydrogens (tertiary/aromatic N) is 2. The van der Waals surface area contributed by atoms with E-state index in [2.05, 4.69) is 14.7 Å². The van der Waals surface area contributed by atoms with Gasteiger partial charge in [0.05, 0.1) is 0 Å². The summed E-state index contributed by atoms with van der Waals surface area (Å²) in [5, 5.41) is 11.2. The number of hydrogen-bond acceptors (Lipinski definition) is 4. The van der Waals surface area contributed by atoms with Gasteiger partial charge in [-0.15, -0.1) is 0 Å². The van der Waals surface area contributed by atoms with Gasteiger partial charge in [-0.2, -0.15) is 18.2 Å². The minimum absolute atomic E-state index is 0.000263. The zero-order valence-corrected chi connectivity index (χ0v) is 7.21. The molecule has 0 bridgehead atoms. The monoisotopic (exact) mass is 210 g/mol. The second-order valence-corrected chi connectivity index (χ2v) is 2.69. The number of aryl methyl sites for hydroxylation is 1. The zero-order valence-electron chi connectivity index (χ0n) is 7.21. The predicted octanol–water partition coefficient (Wildman–Crippen LogP) is 1.40. The molecule has 80 valence electrons. The quantitative estimate of drug-likeness (QED) is 0.763. The highest BCUT2D eigenvalue weighted by Crippen LogP contribution is 2.26. The van der Waals surface area contributed by atoms with Crippen LogP contribution in [-0.2, 0) is 12.6 Å². The van der Waals surface area contributed by atoms with Gasteiger partial charge in [0.15, 0.2) is 0 Å². The Kier molecular flexibility index (Phi) is 3.45. The Labute approximate surface area is 77.7 Å². The Morgan fingerprint density at radius 1 is 1.29 bits per heavy atom. The van der Waals surface area contributed by atoms with Gasteiger partial charge in [0.25, 0.3) is 5.82 Å². The molecule has 0 saturated heterocycles. The van der Waals surface area contributed by atoms with Gasteiger partial charge in [0, 0.05) is 13.0 Å². The van der Waals surface area contributed by atoms with Crippen molar-refractivity contribution in [2.45, 2.75) is 25.4 Å². The zero-order chi connectivity index (χ0) is 10.6. The molecule has 1 heterocycles. The van der Waals surface area contributed by atoms with E-state index < -0.39 is 12.0 Å². The molecule has 1 rings (SSSR count). The molecule has 0 aliphatic carbocycles. The Balaban J connectivity index is 2.51. The van der Waals surface area contributed by atoms with Gasteiger partial charge in [0.2, 0.25) is 5.89 Å². The molecule has 0 fully saturated rings. The average molecular weight is 210 g/mol. The molecule has 0 aromatic carbocycles. The van der Waals surface area contributed by atoms with Crippen LogP contribution < -0.4 is 0 Å². The van der Waals surface area contributed by atoms with Crippen molar-refractivity contribution < 1.29 is 22.8 Å². The van der Waals surface area contributed by atoms with Crippen LogP contribution in [0.25, 0.3) is 0 Å². The van der Waals surface area contributed by atoms with Crippen LogP contribution in [0.3, 0.4) is 0 Å². The normalized spacial score (nSPS) is 12.0. The van der Waals surface area contributed by atoms with E-state index in [-0.39, 0.29) is 18.9 Å². The average Bonchev–Trinajstić information content (AvgIpc) is 2.52. The molecule has 0 spiro atoms. The van der Waals surface area contributed by atoms with Gasteiger partial charge in [0.1, 0.15) is 0 Å². The number of unbranched alkanes of at least 4 members (excludes halogenated alkanes) is 1. The van der Waals surface area contributed by atoms with Crippen molar-refractivity contribution in [3.8, 4) is 0 Å². The number of hydrogen-bond donors (Lipinski definition) is 1. The summed E-state index contributed by atoms with van der Waals surface area (Å²) in [6, 6.07) is 0. The summed E-state index contributed by atoms with van der Waals surface area (Å²) in [7, 11) is 0. The number of halogens is 3. The Bertz CT molecular complexity index is 285. The molecule has 1 N–H and O–H groups in total. The molecule has 0 radical (unpaired) electrons. The van der Waals surface area contributed by atoms with Gasteiger partial charge in [-0.1, -0.05) is 5.16 Å². The standard InChI is InChI=1S/C7H9F3N2O2/c8-7(9,10)6-11-5(14-12-6)3-1-2-4-13/h13H,1-4H2. The van der Waals surface area contributed by atoms with Crippen molar-refractivity contribution in [1.29, 1.82) is 0 Å². The van der Waals surface area contributed by atoms with Gasteiger partial charge in [-0.3, -0.25) is 0 Å². The van der Waals surface area contributed by atoms with Crippen molar-refractivity contribution >= 4 is 0 Å². The van der Waals surface area contributed by atoms with Crippen molar-refractivity contribution in [3.63, 3.8) is 0 Å². The van der Waals surface area contributed by atoms with Crippen molar-refractivity contribution in [3.05, 3.63) is 11.7 Å². The van der Waals surface area contributed by atoms with Gasteiger partial charge >= 0.3 is 6.18 Å². The molecule has 0 aliphatic heterocycles. The van der Waals surface area contributed by atoms with E-state index in [0.29, 0.717) is 12.8 Å². The molecule has 0 amide bonds. The lowest BCUT2D eigenvalue weighted by atomic mass is 10.2. The Morgan fingerprint density at radius 3 is 2.50 bits per heavy atom. The van der Waals surface area contributed by atoms with E-state index >= 15 is 0 Å². The highest BCUT2D eigenvalue weighted by atomic mass is 19.4. The summed E-state index contributed by atoms with van der Waals surface area (Å²) in [6.45, 7) is 0.000263. The predicted molar refractivity (Wildman–Crippen MR) is 39.3 cm³/mol. The summed E-state index contributed by atoms with van der Waals surface area (Å²) >= 11 is 0. The molecule has 1 aromatic rings. The van der Waals surface area contributed by atoms with Crippen LogP contribution in [0.1, 0.15) is 24.6 Å². The maximum atomic E-state index is 12.0. The fraction of sp³-hybridized carbons (Fsp3) is 0.714. The number of aliphatic hydroxyl groups excluding tert-OH is 1. The molecule has 0 atom stereocenters. The molecular weight excluding hydrogens is 201 g/mol. The largest absolute Gasteiger partial charge is 0.455 e. The van der Waals surface area contributed by atoms with E-state index in [0.717, 1.165) is 0 Å². The molecule has 0 unspecified atom stereocenters. The fourth-order valence-corrected chi connectivity index (χ4v) is 0.860. The first-order valence-electron chi connectivity index (χ1n) is 4.04. The summed E-state index contributed by atoms with van der Waals surface area (Å²) in [5.41, 5.74) is 0. The van der Waals surface area contributed by atoms with Crippen LogP contribution in [-0.4, -0.2) is 21.9 Å². The van der Waals surface area contributed by atoms with Gasteiger partial charge < -0.3 is 9.63 Å². The summed E-state index contributed by atoms with van der Waals surface area (Å²) < 4.78 is 40.3. The number of alkyl halides is 3. The molecule has 7 heteroatoms. The third kappa shape index (κ3) is 2.99. The lowest BCUT2D eigenvalue weighted by Crippen LogP contribution is -2.07. The second-order valence-electron chi connectivity index (χ2n) is 2.69. The molecule has 0 saturated carbocycles. The smallest absolute Gasteiger partial charge is 0.396 e. The lowest BCUT2D eigenvalue weighted by Gasteiger charge is -1.96. The van der Waals surface area contributed by atoms with Crippen LogP contribution in [0.15, 0.2) is 4.52 Å². The van der Waals surface area contributed by atoms with E-state index in [9.17, 15) is 13.2 Å². The van der Waals surface area contributed by atoms with Crippen LogP contribution in [0.2, 0.25) is 0 Å². The second kappa shape index (κ2) is 4.41. The summed E-state index contributed by atoms with van der Waals surface area (Å²) in [6.07, 6.45) is -3.28. The number of aliphatic hydroxyl groups is 1. The van der Waals surface area contributed by atoms with Crippen LogP contribution >= 0.6 is 0 Å². The third-order valence-electron chi connectivity index (χ3n) is 1.52. The molecular formula is C7H9F3N2O2. The maximum Gasteiger partial charge on any atom is 0.455 e. The van der Waals surface area contributed by atoms with Crippen molar-refractivity contribution in [1.82, 2.24) is 10.1 Å². The fourth-order valence-electron chi connectivity index (χ4n) is 0.860. The van der Waals surface area contributed by atoms with E-state index in [4.69, 9.17) is 5.11 Å². The molecule has 0 aliphatic rings. The van der Waals surface area contributed by atoms with E-state index in [1.807, 2.05) is 0 Å². The van der Waals surface area contributed by atoms with Crippen molar-refractivity contribution in [2.75, 3.05) is 6.61 Å². The number of rotatable bonds is 4. The highest BCUT2D eigenvalue weighted by molar-refractivity contribution is 4.90. The topological polar surface area (TPSA) is 59.2 Å². The molecule has 14 heavy (non-hydrogen) atoms. The Hall–Kier alpha value is -1.11. The maximum absolute atomic E-state index is 12.0. The van der Waals surface area contributed by atoms with E-state index in [1.54, 1.807) is 0 Å². The van der Waals surface area contributed by atoms with Gasteiger partial charge in [-0.25, -0.2) is 0 Å². The molecule has 4 nitrogen and oxygen atoms in total. The first kappa shape index (κ1) is 11.0. The number of aromatic nitrogens is 2. The summed E-state index contributed by atoms with van der Waals surface area (Å²) in [5.74, 6) is -1.30. The first-order chi connectivity index (χ1) is 6.54. The SMILES string of the molecule is OCCCCc1nc(C(F)(F)F)no1. The molecule has 1 aromatic heterocycles. The van der Waals surface area contributed by atoms with Crippen LogP contribution in [0.5, 0.6) is 0 Å². The highest BCUT2D eigenvalue weighted by Gasteiger charge is 2.37. The summed E-state index contributed by atoms with van der Waals surface area (Å²) in [4.78, 5) is 3.17. The minimum atomic E-state index is -4.56. The van der Waals surface area contributed by atoms with Crippen LogP contribution in [0.4, 0.5) is 13.2 Å². The van der Waals surface area contributed by atoms with E-state index in [1.165, 1.54) is 0 Å². The van der Waals surface area contributed by atoms with Crippen molar-refractivity contribution in [2.24, 2.45) is 0 Å². The van der Waals surface area contributed by atoms with Gasteiger partial charge in [-0.05, 0) is 12.8 Å². The minimum Gasteiger partial charge on any atom is -0.396 e. The Morgan fingerprint density at radius 2 is 2.00 bits per heavy atom. The first-order valence-corrected chi connectivity index (χ1v) is 4.04. The lowest BCUT2D eigenvalue weighted by molar-refractivity contribution is -0.146. The van der Waals surface area contributed by atoms with Crippen LogP contribution in [0, 0.1) is 0 Å². The third-order valence-corrected chi connectivity index (χ3v) is 1.52.